The number of aromatic nitrogens is 2. The average molecular weight is 330 g/mol. The van der Waals surface area contributed by atoms with Gasteiger partial charge in [-0.2, -0.15) is 4.31 Å². The van der Waals surface area contributed by atoms with Gasteiger partial charge in [-0.15, -0.1) is 0 Å². The fourth-order valence-electron chi connectivity index (χ4n) is 3.02. The molecule has 22 heavy (non-hydrogen) atoms. The molecule has 0 saturated carbocycles. The lowest BCUT2D eigenvalue weighted by atomic mass is 9.97. The van der Waals surface area contributed by atoms with Crippen LogP contribution in [0.4, 0.5) is 10.3 Å². The Balaban J connectivity index is 1.62. The topological polar surface area (TPSA) is 84.4 Å². The van der Waals surface area contributed by atoms with Gasteiger partial charge in [-0.1, -0.05) is 0 Å². The standard InChI is InChI=1S/C13H19FN4O3S/c1-2-22(19,20)18-4-3-13(9-18)5-11(8-21-13)17-12-15-6-10(14)7-16-12/h6-7,11H,2-5,8-9H2,1H3,(H,15,16,17)/t11-,13+/m1/s1. The van der Waals surface area contributed by atoms with Crippen LogP contribution in [0.2, 0.25) is 0 Å². The van der Waals surface area contributed by atoms with E-state index >= 15 is 0 Å². The van der Waals surface area contributed by atoms with Gasteiger partial charge in [-0.05, 0) is 13.3 Å². The molecule has 0 unspecified atom stereocenters. The third-order valence-corrected chi connectivity index (χ3v) is 6.03. The number of hydrogen-bond donors (Lipinski definition) is 1. The summed E-state index contributed by atoms with van der Waals surface area (Å²) >= 11 is 0. The number of ether oxygens (including phenoxy) is 1. The second kappa shape index (κ2) is 5.71. The summed E-state index contributed by atoms with van der Waals surface area (Å²) in [5.41, 5.74) is -0.431. The SMILES string of the molecule is CCS(=O)(=O)N1CC[C@]2(C[C@@H](Nc3ncc(F)cn3)CO2)C1. The second-order valence-corrected chi connectivity index (χ2v) is 8.01. The molecule has 2 aliphatic rings. The van der Waals surface area contributed by atoms with Crippen molar-refractivity contribution in [3.8, 4) is 0 Å². The van der Waals surface area contributed by atoms with Crippen molar-refractivity contribution in [3.05, 3.63) is 18.2 Å². The van der Waals surface area contributed by atoms with Crippen LogP contribution >= 0.6 is 0 Å². The van der Waals surface area contributed by atoms with Crippen molar-refractivity contribution in [2.75, 3.05) is 30.8 Å². The van der Waals surface area contributed by atoms with Crippen LogP contribution in [0.15, 0.2) is 12.4 Å². The molecule has 1 aromatic rings. The summed E-state index contributed by atoms with van der Waals surface area (Å²) in [7, 11) is -3.18. The van der Waals surface area contributed by atoms with Gasteiger partial charge in [0.25, 0.3) is 0 Å². The number of hydrogen-bond acceptors (Lipinski definition) is 6. The van der Waals surface area contributed by atoms with Gasteiger partial charge in [0.2, 0.25) is 16.0 Å². The maximum absolute atomic E-state index is 12.8. The van der Waals surface area contributed by atoms with Gasteiger partial charge in [0.1, 0.15) is 0 Å². The molecule has 1 aromatic heterocycles. The molecular formula is C13H19FN4O3S. The number of nitrogens with zero attached hydrogens (tertiary/aromatic N) is 3. The average Bonchev–Trinajstić information content (AvgIpc) is 3.10. The normalized spacial score (nSPS) is 29.3. The summed E-state index contributed by atoms with van der Waals surface area (Å²) in [6, 6.07) is -0.00487. The second-order valence-electron chi connectivity index (χ2n) is 5.75. The Hall–Kier alpha value is -1.32. The van der Waals surface area contributed by atoms with Crippen LogP contribution in [0.5, 0.6) is 0 Å². The Morgan fingerprint density at radius 1 is 1.50 bits per heavy atom. The summed E-state index contributed by atoms with van der Waals surface area (Å²) in [5.74, 6) is -0.0299. The van der Waals surface area contributed by atoms with Crippen LogP contribution in [-0.2, 0) is 14.8 Å². The molecule has 122 valence electrons. The summed E-state index contributed by atoms with van der Waals surface area (Å²) in [6.07, 6.45) is 3.58. The van der Waals surface area contributed by atoms with Crippen LogP contribution in [0, 0.1) is 5.82 Å². The monoisotopic (exact) mass is 330 g/mol. The lowest BCUT2D eigenvalue weighted by Gasteiger charge is -2.23. The molecule has 3 rings (SSSR count). The lowest BCUT2D eigenvalue weighted by Crippen LogP contribution is -2.37. The van der Waals surface area contributed by atoms with Gasteiger partial charge < -0.3 is 10.1 Å². The van der Waals surface area contributed by atoms with E-state index in [0.717, 1.165) is 12.4 Å². The Morgan fingerprint density at radius 2 is 2.23 bits per heavy atom. The van der Waals surface area contributed by atoms with E-state index in [4.69, 9.17) is 4.74 Å². The number of nitrogens with one attached hydrogen (secondary N) is 1. The zero-order valence-electron chi connectivity index (χ0n) is 12.3. The highest BCUT2D eigenvalue weighted by Gasteiger charge is 2.48. The molecule has 0 amide bonds. The summed E-state index contributed by atoms with van der Waals surface area (Å²) in [4.78, 5) is 7.73. The maximum Gasteiger partial charge on any atom is 0.223 e. The fraction of sp³-hybridized carbons (Fsp3) is 0.692. The summed E-state index contributed by atoms with van der Waals surface area (Å²) in [6.45, 7) is 2.99. The predicted molar refractivity (Wildman–Crippen MR) is 78.4 cm³/mol. The Morgan fingerprint density at radius 3 is 2.91 bits per heavy atom. The van der Waals surface area contributed by atoms with Crippen molar-refractivity contribution in [1.82, 2.24) is 14.3 Å². The van der Waals surface area contributed by atoms with E-state index in [0.29, 0.717) is 38.5 Å². The minimum atomic E-state index is -3.18. The highest BCUT2D eigenvalue weighted by Crippen LogP contribution is 2.36. The first kappa shape index (κ1) is 15.6. The zero-order valence-corrected chi connectivity index (χ0v) is 13.1. The van der Waals surface area contributed by atoms with Crippen LogP contribution in [0.1, 0.15) is 19.8 Å². The smallest absolute Gasteiger partial charge is 0.223 e. The number of rotatable bonds is 4. The number of sulfonamides is 1. The van der Waals surface area contributed by atoms with Gasteiger partial charge >= 0.3 is 0 Å². The van der Waals surface area contributed by atoms with Gasteiger partial charge in [-0.25, -0.2) is 22.8 Å². The van der Waals surface area contributed by atoms with Crippen molar-refractivity contribution >= 4 is 16.0 Å². The van der Waals surface area contributed by atoms with Crippen molar-refractivity contribution in [2.24, 2.45) is 0 Å². The zero-order chi connectivity index (χ0) is 15.8. The lowest BCUT2D eigenvalue weighted by molar-refractivity contribution is 0.0173. The van der Waals surface area contributed by atoms with E-state index in [-0.39, 0.29) is 11.8 Å². The molecule has 2 aliphatic heterocycles. The summed E-state index contributed by atoms with van der Waals surface area (Å²) < 4.78 is 44.1. The Labute approximate surface area is 128 Å². The van der Waals surface area contributed by atoms with Gasteiger partial charge in [-0.3, -0.25) is 0 Å². The largest absolute Gasteiger partial charge is 0.371 e. The van der Waals surface area contributed by atoms with E-state index in [1.54, 1.807) is 6.92 Å². The summed E-state index contributed by atoms with van der Waals surface area (Å²) in [5, 5.41) is 3.10. The first-order chi connectivity index (χ1) is 10.4. The molecule has 1 N–H and O–H groups in total. The first-order valence-electron chi connectivity index (χ1n) is 7.28. The molecule has 0 bridgehead atoms. The Kier molecular flexibility index (Phi) is 4.04. The van der Waals surface area contributed by atoms with Crippen molar-refractivity contribution in [3.63, 3.8) is 0 Å². The van der Waals surface area contributed by atoms with Gasteiger partial charge in [0, 0.05) is 19.5 Å². The quantitative estimate of drug-likeness (QED) is 0.871. The molecule has 2 fully saturated rings. The Bertz CT molecular complexity index is 639. The molecule has 7 nitrogen and oxygen atoms in total. The third kappa shape index (κ3) is 3.06. The molecule has 0 radical (unpaired) electrons. The number of halogens is 1. The predicted octanol–water partition coefficient (Wildman–Crippen LogP) is 0.611. The first-order valence-corrected chi connectivity index (χ1v) is 8.89. The molecule has 2 atom stereocenters. The maximum atomic E-state index is 12.8. The van der Waals surface area contributed by atoms with E-state index in [2.05, 4.69) is 15.3 Å². The molecule has 1 spiro atoms. The minimum absolute atomic E-state index is 0.00487. The molecule has 9 heteroatoms. The number of anilines is 1. The minimum Gasteiger partial charge on any atom is -0.371 e. The van der Waals surface area contributed by atoms with Gasteiger partial charge in [0.15, 0.2) is 5.82 Å². The molecule has 2 saturated heterocycles. The van der Waals surface area contributed by atoms with E-state index in [9.17, 15) is 12.8 Å². The third-order valence-electron chi connectivity index (χ3n) is 4.20. The molecule has 0 aromatic carbocycles. The van der Waals surface area contributed by atoms with E-state index in [1.807, 2.05) is 0 Å². The van der Waals surface area contributed by atoms with Crippen LogP contribution < -0.4 is 5.32 Å². The van der Waals surface area contributed by atoms with Crippen molar-refractivity contribution < 1.29 is 17.5 Å². The highest BCUT2D eigenvalue weighted by atomic mass is 32.2. The fourth-order valence-corrected chi connectivity index (χ4v) is 4.19. The van der Waals surface area contributed by atoms with Gasteiger partial charge in [0.05, 0.1) is 36.4 Å². The van der Waals surface area contributed by atoms with Crippen molar-refractivity contribution in [2.45, 2.75) is 31.4 Å². The van der Waals surface area contributed by atoms with Crippen molar-refractivity contribution in [1.29, 1.82) is 0 Å². The molecular weight excluding hydrogens is 311 g/mol. The van der Waals surface area contributed by atoms with Crippen LogP contribution in [0.25, 0.3) is 0 Å². The van der Waals surface area contributed by atoms with Crippen LogP contribution in [0.3, 0.4) is 0 Å². The van der Waals surface area contributed by atoms with Crippen LogP contribution in [-0.4, -0.2) is 59.8 Å². The van der Waals surface area contributed by atoms with E-state index in [1.165, 1.54) is 4.31 Å². The molecule has 0 aliphatic carbocycles. The van der Waals surface area contributed by atoms with E-state index < -0.39 is 21.4 Å². The highest BCUT2D eigenvalue weighted by molar-refractivity contribution is 7.89. The molecule has 3 heterocycles.